The molecule has 0 aliphatic carbocycles. The molecular weight excluding hydrogens is 300 g/mol. The summed E-state index contributed by atoms with van der Waals surface area (Å²) in [6, 6.07) is 1.75. The lowest BCUT2D eigenvalue weighted by molar-refractivity contribution is 0.623. The summed E-state index contributed by atoms with van der Waals surface area (Å²) >= 11 is 6.53. The molecule has 0 radical (unpaired) electrons. The highest BCUT2D eigenvalue weighted by Crippen LogP contribution is 2.12. The van der Waals surface area contributed by atoms with Gasteiger partial charge in [0.1, 0.15) is 0 Å². The van der Waals surface area contributed by atoms with E-state index >= 15 is 0 Å². The fraction of sp³-hybridized carbons (Fsp3) is 0.375. The van der Waals surface area contributed by atoms with Gasteiger partial charge in [-0.05, 0) is 45.0 Å². The van der Waals surface area contributed by atoms with Gasteiger partial charge in [0.15, 0.2) is 0 Å². The maximum Gasteiger partial charge on any atom is 0.264 e. The zero-order valence-electron chi connectivity index (χ0n) is 7.18. The van der Waals surface area contributed by atoms with Crippen molar-refractivity contribution in [2.45, 2.75) is 6.54 Å². The van der Waals surface area contributed by atoms with Crippen LogP contribution in [-0.4, -0.2) is 18.2 Å². The van der Waals surface area contributed by atoms with Crippen LogP contribution >= 0.6 is 31.9 Å². The van der Waals surface area contributed by atoms with Gasteiger partial charge >= 0.3 is 0 Å². The molecule has 1 aromatic rings. The number of hydrogen-bond donors (Lipinski definition) is 1. The van der Waals surface area contributed by atoms with Crippen LogP contribution < -0.4 is 10.9 Å². The number of aromatic nitrogens is 1. The van der Waals surface area contributed by atoms with E-state index in [0.29, 0.717) is 11.0 Å². The summed E-state index contributed by atoms with van der Waals surface area (Å²) in [5.74, 6) is 0. The van der Waals surface area contributed by atoms with Crippen molar-refractivity contribution in [2.75, 3.05) is 13.6 Å². The molecule has 1 heterocycles. The summed E-state index contributed by atoms with van der Waals surface area (Å²) in [4.78, 5) is 11.5. The molecule has 0 aromatic carbocycles. The van der Waals surface area contributed by atoms with E-state index in [1.54, 1.807) is 16.8 Å². The topological polar surface area (TPSA) is 34.0 Å². The third kappa shape index (κ3) is 2.93. The number of halogens is 2. The van der Waals surface area contributed by atoms with Gasteiger partial charge in [0, 0.05) is 23.8 Å². The smallest absolute Gasteiger partial charge is 0.264 e. The Morgan fingerprint density at radius 1 is 1.54 bits per heavy atom. The molecule has 72 valence electrons. The Kier molecular flexibility index (Phi) is 4.15. The van der Waals surface area contributed by atoms with E-state index in [0.717, 1.165) is 11.0 Å². The first-order valence-electron chi connectivity index (χ1n) is 3.85. The Bertz CT molecular complexity index is 348. The van der Waals surface area contributed by atoms with Crippen LogP contribution in [0.1, 0.15) is 0 Å². The molecular formula is C8H10Br2N2O. The second kappa shape index (κ2) is 4.93. The fourth-order valence-corrected chi connectivity index (χ4v) is 2.22. The molecule has 0 atom stereocenters. The van der Waals surface area contributed by atoms with Crippen LogP contribution in [0.15, 0.2) is 26.0 Å². The van der Waals surface area contributed by atoms with Crippen molar-refractivity contribution >= 4 is 31.9 Å². The zero-order valence-corrected chi connectivity index (χ0v) is 10.4. The molecule has 0 saturated heterocycles. The summed E-state index contributed by atoms with van der Waals surface area (Å²) in [5.41, 5.74) is -0.00144. The van der Waals surface area contributed by atoms with Crippen molar-refractivity contribution in [3.8, 4) is 0 Å². The van der Waals surface area contributed by atoms with Gasteiger partial charge in [-0.3, -0.25) is 4.79 Å². The molecule has 1 N–H and O–H groups in total. The van der Waals surface area contributed by atoms with Gasteiger partial charge in [0.25, 0.3) is 5.56 Å². The molecule has 5 heteroatoms. The lowest BCUT2D eigenvalue weighted by Gasteiger charge is -2.05. The minimum atomic E-state index is -0.00144. The second-order valence-corrected chi connectivity index (χ2v) is 4.38. The van der Waals surface area contributed by atoms with Gasteiger partial charge in [0.05, 0.1) is 4.47 Å². The van der Waals surface area contributed by atoms with E-state index in [2.05, 4.69) is 37.2 Å². The number of pyridine rings is 1. The molecule has 0 aliphatic heterocycles. The lowest BCUT2D eigenvalue weighted by Crippen LogP contribution is -2.25. The van der Waals surface area contributed by atoms with Crippen molar-refractivity contribution in [3.05, 3.63) is 31.6 Å². The highest BCUT2D eigenvalue weighted by molar-refractivity contribution is 9.11. The molecule has 0 amide bonds. The quantitative estimate of drug-likeness (QED) is 0.920. The first kappa shape index (κ1) is 10.9. The van der Waals surface area contributed by atoms with Gasteiger partial charge in [-0.15, -0.1) is 0 Å². The minimum Gasteiger partial charge on any atom is -0.318 e. The van der Waals surface area contributed by atoms with Crippen LogP contribution in [0.2, 0.25) is 0 Å². The molecule has 1 aromatic heterocycles. The minimum absolute atomic E-state index is 0.00144. The van der Waals surface area contributed by atoms with Crippen molar-refractivity contribution in [3.63, 3.8) is 0 Å². The average molecular weight is 310 g/mol. The SMILES string of the molecule is CNCCn1cc(Br)cc(Br)c1=O. The number of rotatable bonds is 3. The monoisotopic (exact) mass is 308 g/mol. The summed E-state index contributed by atoms with van der Waals surface area (Å²) in [5, 5.41) is 2.99. The van der Waals surface area contributed by atoms with Gasteiger partial charge in [0.2, 0.25) is 0 Å². The van der Waals surface area contributed by atoms with Crippen LogP contribution in [0.3, 0.4) is 0 Å². The van der Waals surface area contributed by atoms with Crippen LogP contribution in [0.5, 0.6) is 0 Å². The predicted octanol–water partition coefficient (Wildman–Crippen LogP) is 1.59. The van der Waals surface area contributed by atoms with Gasteiger partial charge in [-0.2, -0.15) is 0 Å². The zero-order chi connectivity index (χ0) is 9.84. The number of nitrogens with one attached hydrogen (secondary N) is 1. The second-order valence-electron chi connectivity index (χ2n) is 2.61. The van der Waals surface area contributed by atoms with E-state index in [4.69, 9.17) is 0 Å². The van der Waals surface area contributed by atoms with Crippen LogP contribution in [0.25, 0.3) is 0 Å². The van der Waals surface area contributed by atoms with E-state index in [1.807, 2.05) is 7.05 Å². The first-order chi connectivity index (χ1) is 6.15. The van der Waals surface area contributed by atoms with E-state index < -0.39 is 0 Å². The van der Waals surface area contributed by atoms with Crippen LogP contribution in [-0.2, 0) is 6.54 Å². The Balaban J connectivity index is 2.99. The van der Waals surface area contributed by atoms with Gasteiger partial charge in [-0.1, -0.05) is 0 Å². The van der Waals surface area contributed by atoms with Crippen molar-refractivity contribution in [1.82, 2.24) is 9.88 Å². The van der Waals surface area contributed by atoms with Crippen molar-refractivity contribution in [2.24, 2.45) is 0 Å². The van der Waals surface area contributed by atoms with Gasteiger partial charge in [-0.25, -0.2) is 0 Å². The normalized spacial score (nSPS) is 10.4. The molecule has 0 unspecified atom stereocenters. The molecule has 0 saturated carbocycles. The summed E-state index contributed by atoms with van der Waals surface area (Å²) in [7, 11) is 1.86. The van der Waals surface area contributed by atoms with E-state index in [-0.39, 0.29) is 5.56 Å². The Morgan fingerprint density at radius 2 is 2.23 bits per heavy atom. The highest BCUT2D eigenvalue weighted by Gasteiger charge is 2.01. The van der Waals surface area contributed by atoms with Crippen LogP contribution in [0.4, 0.5) is 0 Å². The van der Waals surface area contributed by atoms with Gasteiger partial charge < -0.3 is 9.88 Å². The molecule has 1 rings (SSSR count). The van der Waals surface area contributed by atoms with Crippen LogP contribution in [0, 0.1) is 0 Å². The van der Waals surface area contributed by atoms with Crippen molar-refractivity contribution in [1.29, 1.82) is 0 Å². The summed E-state index contributed by atoms with van der Waals surface area (Å²) in [6.45, 7) is 1.45. The third-order valence-electron chi connectivity index (χ3n) is 1.61. The molecule has 0 aliphatic rings. The number of nitrogens with zero attached hydrogens (tertiary/aromatic N) is 1. The Hall–Kier alpha value is -0.130. The highest BCUT2D eigenvalue weighted by atomic mass is 79.9. The lowest BCUT2D eigenvalue weighted by atomic mass is 10.4. The molecule has 0 fully saturated rings. The predicted molar refractivity (Wildman–Crippen MR) is 60.0 cm³/mol. The fourth-order valence-electron chi connectivity index (χ4n) is 0.963. The standard InChI is InChI=1S/C8H10Br2N2O/c1-11-2-3-12-5-6(9)4-7(10)8(12)13/h4-5,11H,2-3H2,1H3. The van der Waals surface area contributed by atoms with E-state index in [9.17, 15) is 4.79 Å². The molecule has 0 bridgehead atoms. The first-order valence-corrected chi connectivity index (χ1v) is 5.44. The van der Waals surface area contributed by atoms with Crippen molar-refractivity contribution < 1.29 is 0 Å². The Morgan fingerprint density at radius 3 is 2.85 bits per heavy atom. The molecule has 13 heavy (non-hydrogen) atoms. The largest absolute Gasteiger partial charge is 0.318 e. The summed E-state index contributed by atoms with van der Waals surface area (Å²) in [6.07, 6.45) is 1.78. The summed E-state index contributed by atoms with van der Waals surface area (Å²) < 4.78 is 3.14. The maximum absolute atomic E-state index is 11.5. The average Bonchev–Trinajstić information content (AvgIpc) is 2.09. The number of likely N-dealkylation sites (N-methyl/N-ethyl adjacent to an activating group) is 1. The van der Waals surface area contributed by atoms with E-state index in [1.165, 1.54) is 0 Å². The maximum atomic E-state index is 11.5. The third-order valence-corrected chi connectivity index (χ3v) is 2.61. The Labute approximate surface area is 93.4 Å². The molecule has 3 nitrogen and oxygen atoms in total. The number of hydrogen-bond acceptors (Lipinski definition) is 2. The molecule has 0 spiro atoms.